The molecule has 0 N–H and O–H groups in total. The molecular formula is C21H39BrO3S. The molecule has 0 bridgehead atoms. The Morgan fingerprint density at radius 3 is 0.923 bits per heavy atom. The molecule has 3 aliphatic rings. The number of ether oxygens (including phenoxy) is 3. The Labute approximate surface area is 169 Å². The summed E-state index contributed by atoms with van der Waals surface area (Å²) in [5.41, 5.74) is 0. The molecule has 3 aliphatic carbocycles. The normalized spacial score (nSPS) is 29.2. The SMILES string of the molecule is COC1(S(Br)(C2(OC)CCCCC2)C2(OC)CCCCC2)CCCCC1. The van der Waals surface area contributed by atoms with Gasteiger partial charge in [-0.1, -0.05) is 27.7 Å². The summed E-state index contributed by atoms with van der Waals surface area (Å²) in [5, 5.41) is 0. The first-order valence-corrected chi connectivity index (χ1v) is 14.2. The minimum absolute atomic E-state index is 0.133. The van der Waals surface area contributed by atoms with E-state index in [1.807, 2.05) is 21.3 Å². The maximum atomic E-state index is 6.53. The summed E-state index contributed by atoms with van der Waals surface area (Å²) in [6, 6.07) is 0. The molecule has 0 radical (unpaired) electrons. The van der Waals surface area contributed by atoms with Gasteiger partial charge in [-0.05, 0) is 91.9 Å². The lowest BCUT2D eigenvalue weighted by atomic mass is 9.95. The van der Waals surface area contributed by atoms with Crippen molar-refractivity contribution in [2.24, 2.45) is 0 Å². The highest BCUT2D eigenvalue weighted by Crippen LogP contribution is 2.86. The highest BCUT2D eigenvalue weighted by molar-refractivity contribution is 9.58. The first-order valence-electron chi connectivity index (χ1n) is 10.7. The van der Waals surface area contributed by atoms with Crippen molar-refractivity contribution in [3.8, 4) is 0 Å². The Kier molecular flexibility index (Phi) is 7.09. The number of hydrogen-bond acceptors (Lipinski definition) is 3. The Morgan fingerprint density at radius 2 is 0.731 bits per heavy atom. The number of rotatable bonds is 6. The van der Waals surface area contributed by atoms with Gasteiger partial charge in [0.1, 0.15) is 14.8 Å². The average molecular weight is 452 g/mol. The van der Waals surface area contributed by atoms with Crippen molar-refractivity contribution in [3.05, 3.63) is 0 Å². The van der Waals surface area contributed by atoms with Gasteiger partial charge in [0.15, 0.2) is 0 Å². The van der Waals surface area contributed by atoms with Crippen molar-refractivity contribution in [2.75, 3.05) is 21.3 Å². The number of methoxy groups -OCH3 is 3. The molecule has 0 aromatic carbocycles. The van der Waals surface area contributed by atoms with E-state index in [-0.39, 0.29) is 14.8 Å². The third-order valence-corrected chi connectivity index (χ3v) is 17.6. The average Bonchev–Trinajstić information content (AvgIpc) is 2.74. The summed E-state index contributed by atoms with van der Waals surface area (Å²) in [4.78, 5) is -0.399. The molecule has 0 saturated heterocycles. The largest absolute Gasteiger partial charge is 0.368 e. The number of halogens is 1. The quantitative estimate of drug-likeness (QED) is 0.434. The summed E-state index contributed by atoms with van der Waals surface area (Å²) in [6.07, 6.45) is 18.4. The van der Waals surface area contributed by atoms with Gasteiger partial charge >= 0.3 is 0 Å². The van der Waals surface area contributed by atoms with Crippen molar-refractivity contribution < 1.29 is 14.2 Å². The van der Waals surface area contributed by atoms with Gasteiger partial charge in [0, 0.05) is 21.3 Å². The summed E-state index contributed by atoms with van der Waals surface area (Å²) in [5.74, 6) is 0. The molecule has 3 saturated carbocycles. The predicted molar refractivity (Wildman–Crippen MR) is 115 cm³/mol. The molecule has 3 fully saturated rings. The third kappa shape index (κ3) is 3.12. The van der Waals surface area contributed by atoms with Crippen molar-refractivity contribution in [3.63, 3.8) is 0 Å². The van der Waals surface area contributed by atoms with Crippen molar-refractivity contribution >= 4 is 23.3 Å². The molecule has 0 spiro atoms. The van der Waals surface area contributed by atoms with Crippen LogP contribution in [0.5, 0.6) is 0 Å². The van der Waals surface area contributed by atoms with Gasteiger partial charge in [-0.3, -0.25) is 0 Å². The Hall–Kier alpha value is 0.710. The van der Waals surface area contributed by atoms with Gasteiger partial charge in [-0.15, -0.1) is 0 Å². The fraction of sp³-hybridized carbons (Fsp3) is 1.00. The first kappa shape index (κ1) is 21.4. The maximum Gasteiger partial charge on any atom is 0.111 e. The lowest BCUT2D eigenvalue weighted by molar-refractivity contribution is -0.0241. The lowest BCUT2D eigenvalue weighted by Crippen LogP contribution is -2.59. The van der Waals surface area contributed by atoms with E-state index in [0.29, 0.717) is 0 Å². The molecule has 0 aromatic rings. The fourth-order valence-corrected chi connectivity index (χ4v) is 15.5. The van der Waals surface area contributed by atoms with Crippen LogP contribution in [-0.2, 0) is 14.2 Å². The predicted octanol–water partition coefficient (Wildman–Crippen LogP) is 7.02. The highest BCUT2D eigenvalue weighted by atomic mass is 79.9. The zero-order valence-electron chi connectivity index (χ0n) is 17.1. The maximum absolute atomic E-state index is 6.53. The molecule has 0 aliphatic heterocycles. The highest BCUT2D eigenvalue weighted by Gasteiger charge is 2.68. The summed E-state index contributed by atoms with van der Waals surface area (Å²) < 4.78 is 19.6. The third-order valence-electron chi connectivity index (χ3n) is 7.50. The molecular weight excluding hydrogens is 412 g/mol. The monoisotopic (exact) mass is 450 g/mol. The van der Waals surface area contributed by atoms with Crippen LogP contribution >= 0.6 is 23.3 Å². The van der Waals surface area contributed by atoms with Crippen molar-refractivity contribution in [2.45, 2.75) is 111 Å². The summed E-state index contributed by atoms with van der Waals surface area (Å²) in [6.45, 7) is 0. The van der Waals surface area contributed by atoms with Crippen LogP contribution in [-0.4, -0.2) is 36.1 Å². The van der Waals surface area contributed by atoms with Crippen LogP contribution in [0.3, 0.4) is 0 Å². The van der Waals surface area contributed by atoms with E-state index < -0.39 is 8.46 Å². The van der Waals surface area contributed by atoms with Gasteiger partial charge in [0.25, 0.3) is 0 Å². The van der Waals surface area contributed by atoms with E-state index >= 15 is 0 Å². The molecule has 26 heavy (non-hydrogen) atoms. The topological polar surface area (TPSA) is 27.7 Å². The Bertz CT molecular complexity index is 388. The van der Waals surface area contributed by atoms with Crippen LogP contribution < -0.4 is 0 Å². The molecule has 0 amide bonds. The van der Waals surface area contributed by atoms with Crippen molar-refractivity contribution in [1.29, 1.82) is 0 Å². The number of hydrogen-bond donors (Lipinski definition) is 0. The van der Waals surface area contributed by atoms with Crippen LogP contribution in [0.4, 0.5) is 0 Å². The van der Waals surface area contributed by atoms with E-state index in [9.17, 15) is 0 Å². The van der Waals surface area contributed by atoms with Crippen molar-refractivity contribution in [1.82, 2.24) is 0 Å². The van der Waals surface area contributed by atoms with E-state index in [1.54, 1.807) is 0 Å². The molecule has 0 aromatic heterocycles. The molecule has 5 heteroatoms. The zero-order valence-corrected chi connectivity index (χ0v) is 19.5. The van der Waals surface area contributed by atoms with E-state index in [2.05, 4.69) is 14.8 Å². The van der Waals surface area contributed by atoms with Gasteiger partial charge in [0.2, 0.25) is 0 Å². The molecule has 3 nitrogen and oxygen atoms in total. The Balaban J connectivity index is 2.16. The lowest BCUT2D eigenvalue weighted by Gasteiger charge is -2.69. The first-order chi connectivity index (χ1) is 12.6. The molecule has 0 unspecified atom stereocenters. The van der Waals surface area contributed by atoms with E-state index in [0.717, 1.165) is 38.5 Å². The zero-order chi connectivity index (χ0) is 18.7. The molecule has 0 heterocycles. The second-order valence-electron chi connectivity index (χ2n) is 8.56. The van der Waals surface area contributed by atoms with Crippen LogP contribution in [0.2, 0.25) is 0 Å². The van der Waals surface area contributed by atoms with Gasteiger partial charge in [-0.2, -0.15) is 0 Å². The van der Waals surface area contributed by atoms with Crippen LogP contribution in [0, 0.1) is 0 Å². The molecule has 0 atom stereocenters. The van der Waals surface area contributed by atoms with Crippen LogP contribution in [0.15, 0.2) is 0 Å². The minimum atomic E-state index is -1.53. The van der Waals surface area contributed by atoms with Gasteiger partial charge < -0.3 is 14.2 Å². The summed E-state index contributed by atoms with van der Waals surface area (Å²) in [7, 11) is 4.32. The Morgan fingerprint density at radius 1 is 0.500 bits per heavy atom. The van der Waals surface area contributed by atoms with Crippen LogP contribution in [0.25, 0.3) is 0 Å². The van der Waals surface area contributed by atoms with E-state index in [4.69, 9.17) is 14.2 Å². The standard InChI is InChI=1S/C21H39BrO3S/c1-23-19(13-7-4-8-14-19)26(22,20(24-2)15-9-5-10-16-20)21(25-3)17-11-6-12-18-21/h4-18H2,1-3H3. The second kappa shape index (κ2) is 8.61. The summed E-state index contributed by atoms with van der Waals surface area (Å²) >= 11 is 4.53. The van der Waals surface area contributed by atoms with Gasteiger partial charge in [0.05, 0.1) is 0 Å². The van der Waals surface area contributed by atoms with Gasteiger partial charge in [-0.25, -0.2) is 0 Å². The minimum Gasteiger partial charge on any atom is -0.368 e. The fourth-order valence-electron chi connectivity index (χ4n) is 6.09. The molecule has 3 rings (SSSR count). The van der Waals surface area contributed by atoms with Crippen LogP contribution in [0.1, 0.15) is 96.3 Å². The smallest absolute Gasteiger partial charge is 0.111 e. The molecule has 154 valence electrons. The second-order valence-corrected chi connectivity index (χ2v) is 14.8. The van der Waals surface area contributed by atoms with E-state index in [1.165, 1.54) is 57.8 Å².